The van der Waals surface area contributed by atoms with Crippen molar-refractivity contribution in [1.82, 2.24) is 14.5 Å². The average Bonchev–Trinajstić information content (AvgIpc) is 0.815. The minimum Gasteiger partial charge on any atom is -0.507 e. The van der Waals surface area contributed by atoms with Gasteiger partial charge in [-0.3, -0.25) is 9.55 Å². The zero-order valence-electron chi connectivity index (χ0n) is 58.6. The van der Waals surface area contributed by atoms with Gasteiger partial charge in [0.2, 0.25) is 0 Å². The van der Waals surface area contributed by atoms with E-state index in [0.717, 1.165) is 22.8 Å². The summed E-state index contributed by atoms with van der Waals surface area (Å²) in [6.07, 6.45) is 1.61. The zero-order valence-corrected chi connectivity index (χ0v) is 37.6. The molecule has 8 aromatic rings. The van der Waals surface area contributed by atoms with Crippen molar-refractivity contribution in [3.05, 3.63) is 167 Å². The molecule has 0 unspecified atom stereocenters. The van der Waals surface area contributed by atoms with Gasteiger partial charge in [0.15, 0.2) is 0 Å². The Bertz CT molecular complexity index is 3750. The number of imidazole rings is 1. The Labute approximate surface area is 418 Å². The number of phenolic OH excluding ortho intramolecular Hbond substituents is 1. The van der Waals surface area contributed by atoms with Crippen LogP contribution in [0, 0.1) is 6.85 Å². The van der Waals surface area contributed by atoms with Crippen LogP contribution in [0.2, 0.25) is 0 Å². The van der Waals surface area contributed by atoms with Gasteiger partial charge in [-0.1, -0.05) is 174 Å². The first kappa shape index (κ1) is 26.0. The van der Waals surface area contributed by atoms with E-state index in [1.807, 2.05) is 115 Å². The third kappa shape index (κ3) is 8.93. The number of aromatic hydroxyl groups is 1. The van der Waals surface area contributed by atoms with Crippen LogP contribution in [0.4, 0.5) is 0 Å². The fraction of sp³-hybridized carbons (Fsp3) is 0.311. The molecule has 0 aliphatic carbocycles. The van der Waals surface area contributed by atoms with Crippen molar-refractivity contribution in [1.29, 1.82) is 0 Å². The van der Waals surface area contributed by atoms with Crippen molar-refractivity contribution in [3.63, 3.8) is 0 Å². The van der Waals surface area contributed by atoms with Crippen LogP contribution in [-0.4, -0.2) is 19.6 Å². The maximum Gasteiger partial charge on any atom is 0.149 e. The van der Waals surface area contributed by atoms with Gasteiger partial charge in [-0.25, -0.2) is 4.98 Å². The van der Waals surface area contributed by atoms with Crippen LogP contribution in [0.25, 0.3) is 72.7 Å². The van der Waals surface area contributed by atoms with Gasteiger partial charge in [0.25, 0.3) is 0 Å². The number of para-hydroxylation sites is 1. The van der Waals surface area contributed by atoms with E-state index < -0.39 is 92.5 Å². The Morgan fingerprint density at radius 2 is 1.20 bits per heavy atom. The first-order chi connectivity index (χ1) is 39.3. The second-order valence-electron chi connectivity index (χ2n) is 18.6. The normalized spacial score (nSPS) is 18.6. The van der Waals surface area contributed by atoms with Crippen LogP contribution < -0.4 is 0 Å². The summed E-state index contributed by atoms with van der Waals surface area (Å²) in [5.74, 6) is -2.46. The predicted molar refractivity (Wildman–Crippen MR) is 277 cm³/mol. The van der Waals surface area contributed by atoms with E-state index >= 15 is 0 Å². The molecule has 8 rings (SSSR count). The Kier molecular flexibility index (Phi) is 6.79. The molecule has 332 valence electrons. The Morgan fingerprint density at radius 1 is 0.554 bits per heavy atom. The lowest BCUT2D eigenvalue weighted by molar-refractivity contribution is 0.446. The van der Waals surface area contributed by atoms with E-state index in [-0.39, 0.29) is 28.4 Å². The fourth-order valence-electron chi connectivity index (χ4n) is 8.49. The van der Waals surface area contributed by atoms with Crippen LogP contribution in [-0.2, 0) is 16.2 Å². The molecule has 0 fully saturated rings. The molecule has 4 nitrogen and oxygen atoms in total. The topological polar surface area (TPSA) is 50.9 Å². The van der Waals surface area contributed by atoms with Crippen molar-refractivity contribution in [2.75, 3.05) is 0 Å². The highest BCUT2D eigenvalue weighted by Crippen LogP contribution is 2.47. The van der Waals surface area contributed by atoms with Gasteiger partial charge in [-0.15, -0.1) is 0 Å². The third-order valence-corrected chi connectivity index (χ3v) is 12.0. The number of hydrogen-bond acceptors (Lipinski definition) is 3. The molecule has 0 saturated carbocycles. The number of hydrogen-bond donors (Lipinski definition) is 1. The van der Waals surface area contributed by atoms with Gasteiger partial charge in [0.05, 0.1) is 28.0 Å². The lowest BCUT2D eigenvalue weighted by Gasteiger charge is -2.28. The standard InChI is InChI=1S/C61H67N3O/c1-37(2)49-32-43(40-21-16-15-17-22-40)33-50(38(3)4)56(49)64-54-25-19-24-48(55(54)63-58(64)51-35-47(60(9,10)11)36-52(57(51)65)61(12,13)14)44-29-45(31-46(30-44)59(6,7)8)53-34-42(26-27-62-53)41-23-18-20-39(5)28-41/h15-38,65H,1-14H3/i5D3,9D3,10D3,11D3,12D3,13D3,14D3. The van der Waals surface area contributed by atoms with Crippen LogP contribution >= 0.6 is 0 Å². The molecule has 0 amide bonds. The number of rotatable bonds is 8. The first-order valence-corrected chi connectivity index (χ1v) is 21.7. The third-order valence-electron chi connectivity index (χ3n) is 12.0. The van der Waals surface area contributed by atoms with Crippen LogP contribution in [0.5, 0.6) is 5.75 Å². The Morgan fingerprint density at radius 3 is 1.86 bits per heavy atom. The average molecular weight is 879 g/mol. The van der Waals surface area contributed by atoms with Gasteiger partial charge in [-0.05, 0) is 134 Å². The predicted octanol–water partition coefficient (Wildman–Crippen LogP) is 16.9. The number of phenols is 1. The van der Waals surface area contributed by atoms with E-state index in [0.29, 0.717) is 56.4 Å². The smallest absolute Gasteiger partial charge is 0.149 e. The number of aryl methyl sites for hydroxylation is 1. The van der Waals surface area contributed by atoms with E-state index in [2.05, 4.69) is 0 Å². The summed E-state index contributed by atoms with van der Waals surface area (Å²) < 4.78 is 185. The molecule has 0 bridgehead atoms. The number of benzene rings is 6. The summed E-state index contributed by atoms with van der Waals surface area (Å²) >= 11 is 0. The SMILES string of the molecule is [2H]C([2H])([2H])c1cccc(-c2ccnc(-c3cc(-c4cccc5c4nc(-c4cc(C(C([2H])([2H])[2H])(C([2H])([2H])[2H])C([2H])([2H])[2H])cc(C(C([2H])([2H])[2H])(C([2H])([2H])[2H])C([2H])([2H])[2H])c4O)n5-c4c(C(C)C)cc(-c5ccccc5)cc4C(C)C)cc(C(C)(C)C)c3)c2)c1. The van der Waals surface area contributed by atoms with Gasteiger partial charge in [-0.2, -0.15) is 0 Å². The molecule has 0 aliphatic rings. The fourth-order valence-corrected chi connectivity index (χ4v) is 8.49. The second-order valence-corrected chi connectivity index (χ2v) is 18.6. The van der Waals surface area contributed by atoms with Crippen molar-refractivity contribution >= 4 is 11.0 Å². The van der Waals surface area contributed by atoms with Crippen molar-refractivity contribution in [2.45, 2.75) is 125 Å². The van der Waals surface area contributed by atoms with Gasteiger partial charge >= 0.3 is 0 Å². The van der Waals surface area contributed by atoms with E-state index in [1.54, 1.807) is 53.2 Å². The van der Waals surface area contributed by atoms with Crippen LogP contribution in [0.3, 0.4) is 0 Å². The van der Waals surface area contributed by atoms with Crippen molar-refractivity contribution < 1.29 is 33.9 Å². The summed E-state index contributed by atoms with van der Waals surface area (Å²) in [4.78, 5) is 10.0. The summed E-state index contributed by atoms with van der Waals surface area (Å²) in [6, 6.07) is 35.6. The number of fused-ring (bicyclic) bond motifs is 1. The van der Waals surface area contributed by atoms with Gasteiger partial charge in [0, 0.05) is 51.7 Å². The summed E-state index contributed by atoms with van der Waals surface area (Å²) in [5, 5.41) is 13.2. The first-order valence-electron chi connectivity index (χ1n) is 32.2. The molecule has 4 heteroatoms. The molecule has 0 aliphatic heterocycles. The molecule has 0 saturated heterocycles. The molecule has 6 aromatic carbocycles. The lowest BCUT2D eigenvalue weighted by Crippen LogP contribution is -2.17. The summed E-state index contributed by atoms with van der Waals surface area (Å²) in [6.45, 7) is -13.3. The maximum absolute atomic E-state index is 13.2. The highest BCUT2D eigenvalue weighted by Gasteiger charge is 2.31. The highest BCUT2D eigenvalue weighted by molar-refractivity contribution is 5.97. The highest BCUT2D eigenvalue weighted by atomic mass is 16.3. The monoisotopic (exact) mass is 879 g/mol. The molecule has 0 radical (unpaired) electrons. The van der Waals surface area contributed by atoms with E-state index in [4.69, 9.17) is 38.8 Å². The molecular weight excluding hydrogens is 791 g/mol. The minimum absolute atomic E-state index is 0.152. The zero-order chi connectivity index (χ0) is 64.2. The molecule has 65 heavy (non-hydrogen) atoms. The van der Waals surface area contributed by atoms with E-state index in [9.17, 15) is 5.11 Å². The molecule has 0 spiro atoms. The number of pyridine rings is 1. The van der Waals surface area contributed by atoms with Crippen molar-refractivity contribution in [3.8, 4) is 67.5 Å². The largest absolute Gasteiger partial charge is 0.507 e. The van der Waals surface area contributed by atoms with Crippen molar-refractivity contribution in [2.24, 2.45) is 0 Å². The molecule has 1 N–H and O–H groups in total. The van der Waals surface area contributed by atoms with Crippen LogP contribution in [0.15, 0.2) is 134 Å². The molecule has 0 atom stereocenters. The second kappa shape index (κ2) is 16.9. The van der Waals surface area contributed by atoms with Crippen LogP contribution in [0.1, 0.15) is 164 Å². The van der Waals surface area contributed by atoms with Gasteiger partial charge in [0.1, 0.15) is 11.6 Å². The number of nitrogens with zero attached hydrogens (tertiary/aromatic N) is 3. The number of aromatic nitrogens is 3. The molecule has 2 aromatic heterocycles. The summed E-state index contributed by atoms with van der Waals surface area (Å²) in [5.41, 5.74) is -4.01. The minimum atomic E-state index is -4.16. The molecule has 2 heterocycles. The molecular formula is C61H67N3O. The van der Waals surface area contributed by atoms with Gasteiger partial charge < -0.3 is 5.11 Å². The maximum atomic E-state index is 13.2. The lowest BCUT2D eigenvalue weighted by atomic mass is 9.78. The Hall–Kier alpha value is -6.26. The summed E-state index contributed by atoms with van der Waals surface area (Å²) in [7, 11) is 0. The van der Waals surface area contributed by atoms with E-state index in [1.165, 1.54) is 6.07 Å². The Balaban J connectivity index is 1.62. The quantitative estimate of drug-likeness (QED) is 0.165.